The minimum Gasteiger partial charge on any atom is -0.352 e. The lowest BCUT2D eigenvalue weighted by Gasteiger charge is -2.24. The molecular weight excluding hydrogens is 284 g/mol. The van der Waals surface area contributed by atoms with Crippen LogP contribution in [0.4, 0.5) is 0 Å². The van der Waals surface area contributed by atoms with Crippen LogP contribution in [0.15, 0.2) is 42.5 Å². The van der Waals surface area contributed by atoms with Crippen LogP contribution in [0.1, 0.15) is 31.2 Å². The molecule has 1 saturated heterocycles. The zero-order chi connectivity index (χ0) is 15.6. The Hall–Kier alpha value is -1.87. The minimum absolute atomic E-state index is 0.206. The normalized spacial score (nSPS) is 21.7. The van der Waals surface area contributed by atoms with Gasteiger partial charge in [0.2, 0.25) is 5.91 Å². The van der Waals surface area contributed by atoms with Gasteiger partial charge in [0.15, 0.2) is 0 Å². The molecule has 1 atom stereocenters. The number of rotatable bonds is 5. The molecule has 3 nitrogen and oxygen atoms in total. The standard InChI is InChI=1S/C20H24N2O/c23-20(21-17-10-11-17)14-22-12-4-8-18(22)13-16-7-3-6-15-5-1-2-9-19(15)16/h1-3,5-7,9,17-18H,4,8,10-14H2,(H,21,23). The lowest BCUT2D eigenvalue weighted by molar-refractivity contribution is -0.122. The molecule has 1 amide bonds. The monoisotopic (exact) mass is 308 g/mol. The van der Waals surface area contributed by atoms with Crippen molar-refractivity contribution in [3.63, 3.8) is 0 Å². The van der Waals surface area contributed by atoms with E-state index >= 15 is 0 Å². The van der Waals surface area contributed by atoms with Crippen LogP contribution in [-0.2, 0) is 11.2 Å². The third kappa shape index (κ3) is 3.40. The van der Waals surface area contributed by atoms with Gasteiger partial charge in [-0.15, -0.1) is 0 Å². The minimum atomic E-state index is 0.206. The summed E-state index contributed by atoms with van der Waals surface area (Å²) in [5.74, 6) is 0.206. The van der Waals surface area contributed by atoms with Crippen LogP contribution in [-0.4, -0.2) is 36.0 Å². The highest BCUT2D eigenvalue weighted by Crippen LogP contribution is 2.26. The summed E-state index contributed by atoms with van der Waals surface area (Å²) in [7, 11) is 0. The van der Waals surface area contributed by atoms with Gasteiger partial charge in [-0.3, -0.25) is 9.69 Å². The molecule has 120 valence electrons. The number of fused-ring (bicyclic) bond motifs is 1. The molecule has 23 heavy (non-hydrogen) atoms. The Labute approximate surface area is 137 Å². The van der Waals surface area contributed by atoms with Crippen molar-refractivity contribution in [2.24, 2.45) is 0 Å². The Bertz CT molecular complexity index is 702. The molecule has 0 bridgehead atoms. The highest BCUT2D eigenvalue weighted by molar-refractivity contribution is 5.85. The second kappa shape index (κ2) is 6.32. The van der Waals surface area contributed by atoms with Crippen LogP contribution < -0.4 is 5.32 Å². The molecule has 1 aliphatic heterocycles. The summed E-state index contributed by atoms with van der Waals surface area (Å²) < 4.78 is 0. The van der Waals surface area contributed by atoms with Crippen LogP contribution in [0.3, 0.4) is 0 Å². The number of amides is 1. The van der Waals surface area contributed by atoms with Crippen LogP contribution in [0.2, 0.25) is 0 Å². The van der Waals surface area contributed by atoms with Crippen LogP contribution in [0.5, 0.6) is 0 Å². The number of nitrogens with zero attached hydrogens (tertiary/aromatic N) is 1. The Morgan fingerprint density at radius 3 is 2.78 bits per heavy atom. The van der Waals surface area contributed by atoms with Crippen molar-refractivity contribution in [1.29, 1.82) is 0 Å². The number of hydrogen-bond acceptors (Lipinski definition) is 2. The average Bonchev–Trinajstić information content (AvgIpc) is 3.27. The smallest absolute Gasteiger partial charge is 0.234 e. The van der Waals surface area contributed by atoms with Gasteiger partial charge < -0.3 is 5.32 Å². The van der Waals surface area contributed by atoms with Gasteiger partial charge in [0.25, 0.3) is 0 Å². The van der Waals surface area contributed by atoms with Gasteiger partial charge in [-0.05, 0) is 55.0 Å². The van der Waals surface area contributed by atoms with Gasteiger partial charge >= 0.3 is 0 Å². The molecule has 1 saturated carbocycles. The van der Waals surface area contributed by atoms with Gasteiger partial charge in [-0.25, -0.2) is 0 Å². The Morgan fingerprint density at radius 1 is 1.09 bits per heavy atom. The first kappa shape index (κ1) is 14.7. The Kier molecular flexibility index (Phi) is 4.04. The summed E-state index contributed by atoms with van der Waals surface area (Å²) in [5.41, 5.74) is 1.41. The molecule has 2 aliphatic rings. The molecule has 1 N–H and O–H groups in total. The topological polar surface area (TPSA) is 32.3 Å². The maximum atomic E-state index is 12.1. The van der Waals surface area contributed by atoms with E-state index in [0.29, 0.717) is 18.6 Å². The lowest BCUT2D eigenvalue weighted by atomic mass is 9.98. The van der Waals surface area contributed by atoms with E-state index in [-0.39, 0.29) is 5.91 Å². The molecule has 0 aromatic heterocycles. The number of nitrogens with one attached hydrogen (secondary N) is 1. The maximum absolute atomic E-state index is 12.1. The van der Waals surface area contributed by atoms with Crippen LogP contribution >= 0.6 is 0 Å². The Morgan fingerprint density at radius 2 is 1.91 bits per heavy atom. The molecule has 1 heterocycles. The van der Waals surface area contributed by atoms with E-state index in [4.69, 9.17) is 0 Å². The molecule has 2 aromatic rings. The molecule has 4 rings (SSSR count). The fraction of sp³-hybridized carbons (Fsp3) is 0.450. The summed E-state index contributed by atoms with van der Waals surface area (Å²) in [6, 6.07) is 16.1. The molecule has 0 radical (unpaired) electrons. The molecule has 0 spiro atoms. The van der Waals surface area contributed by atoms with E-state index in [9.17, 15) is 4.79 Å². The largest absolute Gasteiger partial charge is 0.352 e. The van der Waals surface area contributed by atoms with Gasteiger partial charge in [0.1, 0.15) is 0 Å². The SMILES string of the molecule is O=C(CN1CCCC1Cc1cccc2ccccc12)NC1CC1. The molecule has 1 aliphatic carbocycles. The van der Waals surface area contributed by atoms with Crippen molar-refractivity contribution in [2.75, 3.05) is 13.1 Å². The van der Waals surface area contributed by atoms with E-state index in [1.807, 2.05) is 0 Å². The summed E-state index contributed by atoms with van der Waals surface area (Å²) in [6.45, 7) is 1.61. The summed E-state index contributed by atoms with van der Waals surface area (Å²) in [4.78, 5) is 14.5. The molecular formula is C20H24N2O. The molecule has 1 unspecified atom stereocenters. The second-order valence-corrected chi connectivity index (χ2v) is 6.95. The first-order valence-electron chi connectivity index (χ1n) is 8.79. The van der Waals surface area contributed by atoms with Gasteiger partial charge in [-0.1, -0.05) is 42.5 Å². The first-order chi connectivity index (χ1) is 11.3. The second-order valence-electron chi connectivity index (χ2n) is 6.95. The quantitative estimate of drug-likeness (QED) is 0.920. The number of carbonyl (C=O) groups is 1. The maximum Gasteiger partial charge on any atom is 0.234 e. The zero-order valence-corrected chi connectivity index (χ0v) is 13.5. The lowest BCUT2D eigenvalue weighted by Crippen LogP contribution is -2.41. The molecule has 2 aromatic carbocycles. The highest BCUT2D eigenvalue weighted by atomic mass is 16.2. The van der Waals surface area contributed by atoms with Crippen molar-refractivity contribution in [2.45, 2.75) is 44.2 Å². The fourth-order valence-electron chi connectivity index (χ4n) is 3.74. The van der Waals surface area contributed by atoms with Crippen LogP contribution in [0, 0.1) is 0 Å². The van der Waals surface area contributed by atoms with Gasteiger partial charge in [0, 0.05) is 12.1 Å². The average molecular weight is 308 g/mol. The third-order valence-corrected chi connectivity index (χ3v) is 5.12. The van der Waals surface area contributed by atoms with Crippen molar-refractivity contribution in [3.8, 4) is 0 Å². The van der Waals surface area contributed by atoms with Crippen molar-refractivity contribution < 1.29 is 4.79 Å². The molecule has 2 fully saturated rings. The number of hydrogen-bond donors (Lipinski definition) is 1. The van der Waals surface area contributed by atoms with Crippen molar-refractivity contribution in [1.82, 2.24) is 10.2 Å². The van der Waals surface area contributed by atoms with E-state index in [1.165, 1.54) is 29.2 Å². The van der Waals surface area contributed by atoms with E-state index in [0.717, 1.165) is 25.8 Å². The highest BCUT2D eigenvalue weighted by Gasteiger charge is 2.29. The molecule has 3 heteroatoms. The van der Waals surface area contributed by atoms with Crippen molar-refractivity contribution in [3.05, 3.63) is 48.0 Å². The van der Waals surface area contributed by atoms with Crippen LogP contribution in [0.25, 0.3) is 10.8 Å². The third-order valence-electron chi connectivity index (χ3n) is 5.12. The summed E-state index contributed by atoms with van der Waals surface area (Å²) >= 11 is 0. The van der Waals surface area contributed by atoms with E-state index in [1.54, 1.807) is 0 Å². The summed E-state index contributed by atoms with van der Waals surface area (Å²) in [6.07, 6.45) is 5.75. The fourth-order valence-corrected chi connectivity index (χ4v) is 3.74. The predicted octanol–water partition coefficient (Wildman–Crippen LogP) is 3.13. The summed E-state index contributed by atoms with van der Waals surface area (Å²) in [5, 5.41) is 5.77. The van der Waals surface area contributed by atoms with Gasteiger partial charge in [0.05, 0.1) is 6.54 Å². The predicted molar refractivity (Wildman–Crippen MR) is 93.4 cm³/mol. The Balaban J connectivity index is 1.46. The number of carbonyl (C=O) groups excluding carboxylic acids is 1. The van der Waals surface area contributed by atoms with Gasteiger partial charge in [-0.2, -0.15) is 0 Å². The number of benzene rings is 2. The zero-order valence-electron chi connectivity index (χ0n) is 13.5. The number of likely N-dealkylation sites (tertiary alicyclic amines) is 1. The van der Waals surface area contributed by atoms with E-state index < -0.39 is 0 Å². The van der Waals surface area contributed by atoms with Crippen molar-refractivity contribution >= 4 is 16.7 Å². The van der Waals surface area contributed by atoms with E-state index in [2.05, 4.69) is 52.7 Å². The first-order valence-corrected chi connectivity index (χ1v) is 8.79.